The van der Waals surface area contributed by atoms with Gasteiger partial charge in [-0.05, 0) is 4.92 Å². The van der Waals surface area contributed by atoms with Crippen molar-refractivity contribution in [3.8, 4) is 0 Å². The molecule has 0 amide bonds. The van der Waals surface area contributed by atoms with Crippen molar-refractivity contribution < 1.29 is 9.66 Å². The van der Waals surface area contributed by atoms with E-state index in [1.807, 2.05) is 0 Å². The van der Waals surface area contributed by atoms with E-state index in [9.17, 15) is 10.1 Å². The second kappa shape index (κ2) is 5.04. The van der Waals surface area contributed by atoms with Crippen LogP contribution in [-0.2, 0) is 11.3 Å². The quantitative estimate of drug-likeness (QED) is 0.538. The lowest BCUT2D eigenvalue weighted by Crippen LogP contribution is -2.38. The van der Waals surface area contributed by atoms with Crippen LogP contribution in [0.15, 0.2) is 12.3 Å². The Labute approximate surface area is 92.7 Å². The molecule has 1 aliphatic heterocycles. The Morgan fingerprint density at radius 1 is 1.44 bits per heavy atom. The fourth-order valence-corrected chi connectivity index (χ4v) is 1.64. The Hall–Kier alpha value is -1.47. The number of ether oxygens (including phenoxy) is 1. The molecule has 0 aliphatic carbocycles. The van der Waals surface area contributed by atoms with Crippen molar-refractivity contribution in [2.45, 2.75) is 6.54 Å². The van der Waals surface area contributed by atoms with Gasteiger partial charge in [0.05, 0.1) is 37.1 Å². The molecule has 16 heavy (non-hydrogen) atoms. The van der Waals surface area contributed by atoms with Crippen molar-refractivity contribution in [2.24, 2.45) is 0 Å². The lowest BCUT2D eigenvalue weighted by molar-refractivity contribution is -0.389. The summed E-state index contributed by atoms with van der Waals surface area (Å²) < 4.78 is 6.84. The molecule has 0 saturated carbocycles. The first-order valence-electron chi connectivity index (χ1n) is 5.23. The zero-order chi connectivity index (χ0) is 11.4. The highest BCUT2D eigenvalue weighted by molar-refractivity contribution is 5.13. The molecule has 0 atom stereocenters. The van der Waals surface area contributed by atoms with Crippen LogP contribution in [0.1, 0.15) is 0 Å². The van der Waals surface area contributed by atoms with Crippen molar-refractivity contribution in [2.75, 3.05) is 32.8 Å². The van der Waals surface area contributed by atoms with Crippen molar-refractivity contribution in [3.63, 3.8) is 0 Å². The third kappa shape index (κ3) is 2.77. The van der Waals surface area contributed by atoms with Gasteiger partial charge in [-0.25, -0.2) is 0 Å². The number of rotatable bonds is 4. The Bertz CT molecular complexity index is 359. The minimum absolute atomic E-state index is 0.0954. The SMILES string of the molecule is O=[N+]([O-])c1ccn(CCN2CCOCC2)n1. The van der Waals surface area contributed by atoms with E-state index in [0.717, 1.165) is 32.8 Å². The maximum atomic E-state index is 10.4. The number of hydrogen-bond donors (Lipinski definition) is 0. The minimum Gasteiger partial charge on any atom is -0.379 e. The smallest absolute Gasteiger partial charge is 0.379 e. The van der Waals surface area contributed by atoms with Gasteiger partial charge >= 0.3 is 5.82 Å². The van der Waals surface area contributed by atoms with E-state index >= 15 is 0 Å². The van der Waals surface area contributed by atoms with E-state index in [2.05, 4.69) is 10.00 Å². The highest BCUT2D eigenvalue weighted by Crippen LogP contribution is 2.05. The summed E-state index contributed by atoms with van der Waals surface area (Å²) in [7, 11) is 0. The van der Waals surface area contributed by atoms with E-state index < -0.39 is 4.92 Å². The minimum atomic E-state index is -0.481. The maximum Gasteiger partial charge on any atom is 0.389 e. The normalized spacial score (nSPS) is 17.5. The molecular formula is C9H14N4O3. The van der Waals surface area contributed by atoms with Crippen LogP contribution in [0.2, 0.25) is 0 Å². The van der Waals surface area contributed by atoms with Crippen LogP contribution < -0.4 is 0 Å². The van der Waals surface area contributed by atoms with Gasteiger partial charge in [-0.1, -0.05) is 0 Å². The van der Waals surface area contributed by atoms with Gasteiger partial charge in [0.25, 0.3) is 0 Å². The van der Waals surface area contributed by atoms with Gasteiger partial charge in [0, 0.05) is 19.6 Å². The molecule has 0 aromatic carbocycles. The van der Waals surface area contributed by atoms with Gasteiger partial charge in [0.2, 0.25) is 0 Å². The van der Waals surface area contributed by atoms with Crippen LogP contribution in [0.25, 0.3) is 0 Å². The largest absolute Gasteiger partial charge is 0.389 e. The number of aromatic nitrogens is 2. The molecule has 7 nitrogen and oxygen atoms in total. The molecule has 88 valence electrons. The highest BCUT2D eigenvalue weighted by Gasteiger charge is 2.13. The standard InChI is InChI=1S/C9H14N4O3/c14-13(15)9-1-2-12(10-9)4-3-11-5-7-16-8-6-11/h1-2H,3-8H2. The predicted octanol–water partition coefficient (Wildman–Crippen LogP) is 0.123. The topological polar surface area (TPSA) is 73.4 Å². The summed E-state index contributed by atoms with van der Waals surface area (Å²) in [5, 5.41) is 14.3. The van der Waals surface area contributed by atoms with Gasteiger partial charge in [-0.2, -0.15) is 4.68 Å². The van der Waals surface area contributed by atoms with Crippen molar-refractivity contribution >= 4 is 5.82 Å². The molecule has 1 aromatic rings. The molecule has 1 fully saturated rings. The zero-order valence-corrected chi connectivity index (χ0v) is 8.91. The van der Waals surface area contributed by atoms with E-state index in [1.165, 1.54) is 6.07 Å². The fourth-order valence-electron chi connectivity index (χ4n) is 1.64. The molecule has 0 spiro atoms. The Morgan fingerprint density at radius 2 is 2.19 bits per heavy atom. The molecule has 1 aromatic heterocycles. The molecule has 0 radical (unpaired) electrons. The van der Waals surface area contributed by atoms with Crippen LogP contribution in [0.5, 0.6) is 0 Å². The summed E-state index contributed by atoms with van der Waals surface area (Å²) in [5.74, 6) is -0.0954. The van der Waals surface area contributed by atoms with Crippen molar-refractivity contribution in [3.05, 3.63) is 22.4 Å². The van der Waals surface area contributed by atoms with E-state index in [4.69, 9.17) is 4.74 Å². The first kappa shape index (κ1) is 11.0. The van der Waals surface area contributed by atoms with Crippen LogP contribution in [-0.4, -0.2) is 52.5 Å². The maximum absolute atomic E-state index is 10.4. The first-order chi connectivity index (χ1) is 7.75. The van der Waals surface area contributed by atoms with Crippen molar-refractivity contribution in [1.82, 2.24) is 14.7 Å². The van der Waals surface area contributed by atoms with E-state index in [0.29, 0.717) is 6.54 Å². The summed E-state index contributed by atoms with van der Waals surface area (Å²) in [6, 6.07) is 1.42. The van der Waals surface area contributed by atoms with Gasteiger partial charge in [0.1, 0.15) is 0 Å². The molecule has 0 bridgehead atoms. The molecule has 0 N–H and O–H groups in total. The number of nitrogens with zero attached hydrogens (tertiary/aromatic N) is 4. The monoisotopic (exact) mass is 226 g/mol. The highest BCUT2D eigenvalue weighted by atomic mass is 16.6. The van der Waals surface area contributed by atoms with Gasteiger partial charge in [-0.3, -0.25) is 4.90 Å². The summed E-state index contributed by atoms with van der Waals surface area (Å²) in [5.41, 5.74) is 0. The summed E-state index contributed by atoms with van der Waals surface area (Å²) in [6.07, 6.45) is 1.64. The van der Waals surface area contributed by atoms with Gasteiger partial charge < -0.3 is 14.9 Å². The third-order valence-corrected chi connectivity index (χ3v) is 2.56. The van der Waals surface area contributed by atoms with Gasteiger partial charge in [-0.15, -0.1) is 0 Å². The molecule has 2 heterocycles. The molecule has 7 heteroatoms. The fraction of sp³-hybridized carbons (Fsp3) is 0.667. The zero-order valence-electron chi connectivity index (χ0n) is 8.91. The van der Waals surface area contributed by atoms with E-state index in [1.54, 1.807) is 10.9 Å². The number of nitro groups is 1. The molecule has 1 aliphatic rings. The number of hydrogen-bond acceptors (Lipinski definition) is 5. The molecule has 0 unspecified atom stereocenters. The van der Waals surface area contributed by atoms with Crippen molar-refractivity contribution in [1.29, 1.82) is 0 Å². The number of morpholine rings is 1. The predicted molar refractivity (Wildman–Crippen MR) is 56.1 cm³/mol. The Kier molecular flexibility index (Phi) is 3.47. The summed E-state index contributed by atoms with van der Waals surface area (Å²) in [4.78, 5) is 12.2. The summed E-state index contributed by atoms with van der Waals surface area (Å²) >= 11 is 0. The Morgan fingerprint density at radius 3 is 2.81 bits per heavy atom. The van der Waals surface area contributed by atoms with Gasteiger partial charge in [0.15, 0.2) is 0 Å². The lowest BCUT2D eigenvalue weighted by atomic mass is 10.4. The second-order valence-corrected chi connectivity index (χ2v) is 3.65. The average Bonchev–Trinajstić information content (AvgIpc) is 2.76. The van der Waals surface area contributed by atoms with Crippen LogP contribution >= 0.6 is 0 Å². The van der Waals surface area contributed by atoms with Crippen LogP contribution in [0, 0.1) is 10.1 Å². The van der Waals surface area contributed by atoms with Crippen LogP contribution in [0.4, 0.5) is 5.82 Å². The summed E-state index contributed by atoms with van der Waals surface area (Å²) in [6.45, 7) is 4.89. The second-order valence-electron chi connectivity index (χ2n) is 3.65. The first-order valence-corrected chi connectivity index (χ1v) is 5.23. The van der Waals surface area contributed by atoms with E-state index in [-0.39, 0.29) is 5.82 Å². The average molecular weight is 226 g/mol. The molecule has 2 rings (SSSR count). The van der Waals surface area contributed by atoms with Crippen LogP contribution in [0.3, 0.4) is 0 Å². The Balaban J connectivity index is 1.81. The molecular weight excluding hydrogens is 212 g/mol. The molecule has 1 saturated heterocycles. The lowest BCUT2D eigenvalue weighted by Gasteiger charge is -2.25. The third-order valence-electron chi connectivity index (χ3n) is 2.56.